The van der Waals surface area contributed by atoms with Gasteiger partial charge in [0.1, 0.15) is 0 Å². The van der Waals surface area contributed by atoms with E-state index in [2.05, 4.69) is 27.7 Å². The number of piperidine rings is 1. The average molecular weight is 346 g/mol. The van der Waals surface area contributed by atoms with Crippen LogP contribution in [0.3, 0.4) is 0 Å². The Morgan fingerprint density at radius 3 is 2.04 bits per heavy atom. The van der Waals surface area contributed by atoms with Gasteiger partial charge in [-0.15, -0.1) is 0 Å². The molecule has 1 aromatic rings. The number of rotatable bonds is 5. The molecule has 0 bridgehead atoms. The van der Waals surface area contributed by atoms with Crippen molar-refractivity contribution in [3.05, 3.63) is 35.9 Å². The van der Waals surface area contributed by atoms with Gasteiger partial charge in [-0.2, -0.15) is 5.06 Å². The third-order valence-corrected chi connectivity index (χ3v) is 4.85. The zero-order valence-corrected chi connectivity index (χ0v) is 16.2. The van der Waals surface area contributed by atoms with E-state index < -0.39 is 6.10 Å². The van der Waals surface area contributed by atoms with Crippen LogP contribution in [0.2, 0.25) is 0 Å². The molecule has 5 nitrogen and oxygen atoms in total. The van der Waals surface area contributed by atoms with Crippen LogP contribution in [0.25, 0.3) is 0 Å². The van der Waals surface area contributed by atoms with Crippen molar-refractivity contribution in [2.45, 2.75) is 64.1 Å². The van der Waals surface area contributed by atoms with Crippen molar-refractivity contribution in [1.82, 2.24) is 9.96 Å². The maximum absolute atomic E-state index is 13.0. The Kier molecular flexibility index (Phi) is 5.69. The molecule has 0 saturated carbocycles. The van der Waals surface area contributed by atoms with Gasteiger partial charge in [-0.25, -0.2) is 0 Å². The molecule has 0 radical (unpaired) electrons. The van der Waals surface area contributed by atoms with E-state index in [0.717, 1.165) is 19.3 Å². The summed E-state index contributed by atoms with van der Waals surface area (Å²) < 4.78 is 0. The second kappa shape index (κ2) is 7.26. The number of Topliss-reactive ketones (excluding diaryl/α,β-unsaturated/α-hetero) is 1. The topological polar surface area (TPSA) is 49.9 Å². The number of carbonyl (C=O) groups is 2. The summed E-state index contributed by atoms with van der Waals surface area (Å²) in [4.78, 5) is 33.3. The summed E-state index contributed by atoms with van der Waals surface area (Å²) >= 11 is 0. The molecule has 1 aliphatic heterocycles. The van der Waals surface area contributed by atoms with Crippen LogP contribution in [0.15, 0.2) is 30.3 Å². The Bertz CT molecular complexity index is 607. The number of benzene rings is 1. The molecule has 2 rings (SSSR count). The SMILES string of the molecule is CN(C)C(=O)C(ON1C(C)(C)CCCC1(C)C)C(=O)c1ccccc1. The zero-order valence-electron chi connectivity index (χ0n) is 16.2. The van der Waals surface area contributed by atoms with Gasteiger partial charge in [-0.05, 0) is 47.0 Å². The third kappa shape index (κ3) is 4.28. The third-order valence-electron chi connectivity index (χ3n) is 4.85. The zero-order chi connectivity index (χ0) is 18.8. The van der Waals surface area contributed by atoms with E-state index >= 15 is 0 Å². The molecule has 0 N–H and O–H groups in total. The first-order chi connectivity index (χ1) is 11.6. The molecule has 5 heteroatoms. The van der Waals surface area contributed by atoms with Gasteiger partial charge in [0.05, 0.1) is 0 Å². The summed E-state index contributed by atoms with van der Waals surface area (Å²) in [6.45, 7) is 8.38. The number of hydroxylamine groups is 2. The molecule has 0 spiro atoms. The summed E-state index contributed by atoms with van der Waals surface area (Å²) in [6, 6.07) is 8.86. The van der Waals surface area contributed by atoms with E-state index in [1.807, 2.05) is 11.1 Å². The highest BCUT2D eigenvalue weighted by atomic mass is 16.7. The lowest BCUT2D eigenvalue weighted by atomic mass is 9.82. The predicted octanol–water partition coefficient (Wildman–Crippen LogP) is 3.30. The van der Waals surface area contributed by atoms with Gasteiger partial charge in [-0.1, -0.05) is 30.3 Å². The van der Waals surface area contributed by atoms with Crippen LogP contribution in [0.5, 0.6) is 0 Å². The first-order valence-corrected chi connectivity index (χ1v) is 8.84. The number of hydrogen-bond acceptors (Lipinski definition) is 4. The molecule has 0 aromatic heterocycles. The van der Waals surface area contributed by atoms with Crippen molar-refractivity contribution in [2.24, 2.45) is 0 Å². The summed E-state index contributed by atoms with van der Waals surface area (Å²) in [7, 11) is 3.28. The summed E-state index contributed by atoms with van der Waals surface area (Å²) in [5, 5.41) is 1.87. The first kappa shape index (κ1) is 19.6. The summed E-state index contributed by atoms with van der Waals surface area (Å²) in [5.74, 6) is -0.650. The minimum Gasteiger partial charge on any atom is -0.346 e. The van der Waals surface area contributed by atoms with Gasteiger partial charge in [0, 0.05) is 30.7 Å². The van der Waals surface area contributed by atoms with E-state index in [4.69, 9.17) is 4.84 Å². The number of carbonyl (C=O) groups excluding carboxylic acids is 2. The molecule has 138 valence electrons. The number of nitrogens with zero attached hydrogens (tertiary/aromatic N) is 2. The quantitative estimate of drug-likeness (QED) is 0.606. The van der Waals surface area contributed by atoms with Crippen molar-refractivity contribution in [3.63, 3.8) is 0 Å². The fourth-order valence-corrected chi connectivity index (χ4v) is 3.56. The number of hydrogen-bond donors (Lipinski definition) is 0. The van der Waals surface area contributed by atoms with Crippen molar-refractivity contribution in [1.29, 1.82) is 0 Å². The average Bonchev–Trinajstić information content (AvgIpc) is 2.53. The normalized spacial score (nSPS) is 20.7. The van der Waals surface area contributed by atoms with Crippen molar-refractivity contribution in [2.75, 3.05) is 14.1 Å². The van der Waals surface area contributed by atoms with Crippen LogP contribution in [0.1, 0.15) is 57.3 Å². The van der Waals surface area contributed by atoms with Crippen LogP contribution >= 0.6 is 0 Å². The summed E-state index contributed by atoms with van der Waals surface area (Å²) in [5.41, 5.74) is -0.0112. The Morgan fingerprint density at radius 2 is 1.56 bits per heavy atom. The van der Waals surface area contributed by atoms with E-state index in [0.29, 0.717) is 5.56 Å². The van der Waals surface area contributed by atoms with Gasteiger partial charge in [0.2, 0.25) is 11.9 Å². The fraction of sp³-hybridized carbons (Fsp3) is 0.600. The van der Waals surface area contributed by atoms with E-state index in [1.165, 1.54) is 4.90 Å². The monoisotopic (exact) mass is 346 g/mol. The summed E-state index contributed by atoms with van der Waals surface area (Å²) in [6.07, 6.45) is 1.84. The lowest BCUT2D eigenvalue weighted by Crippen LogP contribution is -2.61. The van der Waals surface area contributed by atoms with E-state index in [1.54, 1.807) is 38.4 Å². The minimum absolute atomic E-state index is 0.246. The maximum atomic E-state index is 13.0. The Morgan fingerprint density at radius 1 is 1.04 bits per heavy atom. The van der Waals surface area contributed by atoms with Crippen molar-refractivity contribution < 1.29 is 14.4 Å². The minimum atomic E-state index is -1.17. The van der Waals surface area contributed by atoms with E-state index in [-0.39, 0.29) is 22.8 Å². The van der Waals surface area contributed by atoms with Crippen LogP contribution in [-0.2, 0) is 9.63 Å². The lowest BCUT2D eigenvalue weighted by molar-refractivity contribution is -0.291. The van der Waals surface area contributed by atoms with Crippen molar-refractivity contribution >= 4 is 11.7 Å². The van der Waals surface area contributed by atoms with Gasteiger partial charge in [0.15, 0.2) is 0 Å². The number of ketones is 1. The standard InChI is InChI=1S/C20H30N2O3/c1-19(2)13-10-14-20(3,4)22(19)25-17(18(24)21(5)6)16(23)15-11-8-7-9-12-15/h7-9,11-12,17H,10,13-14H2,1-6H3. The second-order valence-electron chi connectivity index (χ2n) is 8.22. The Hall–Kier alpha value is -1.72. The maximum Gasteiger partial charge on any atom is 0.261 e. The number of likely N-dealkylation sites (N-methyl/N-ethyl adjacent to an activating group) is 1. The molecule has 0 aliphatic carbocycles. The molecule has 1 saturated heterocycles. The molecule has 1 aromatic carbocycles. The molecule has 1 unspecified atom stereocenters. The highest BCUT2D eigenvalue weighted by Gasteiger charge is 2.46. The van der Waals surface area contributed by atoms with Gasteiger partial charge in [-0.3, -0.25) is 14.4 Å². The smallest absolute Gasteiger partial charge is 0.261 e. The van der Waals surface area contributed by atoms with Crippen LogP contribution in [0.4, 0.5) is 0 Å². The van der Waals surface area contributed by atoms with Gasteiger partial charge >= 0.3 is 0 Å². The van der Waals surface area contributed by atoms with Crippen LogP contribution < -0.4 is 0 Å². The Balaban J connectivity index is 2.36. The molecule has 1 atom stereocenters. The number of amides is 1. The van der Waals surface area contributed by atoms with Gasteiger partial charge in [0.25, 0.3) is 5.91 Å². The predicted molar refractivity (Wildman–Crippen MR) is 98.2 cm³/mol. The van der Waals surface area contributed by atoms with E-state index in [9.17, 15) is 9.59 Å². The molecule has 1 heterocycles. The second-order valence-corrected chi connectivity index (χ2v) is 8.22. The molecule has 1 amide bonds. The van der Waals surface area contributed by atoms with Crippen molar-refractivity contribution in [3.8, 4) is 0 Å². The van der Waals surface area contributed by atoms with Crippen LogP contribution in [0, 0.1) is 0 Å². The largest absolute Gasteiger partial charge is 0.346 e. The molecule has 1 aliphatic rings. The molecule has 1 fully saturated rings. The molecule has 25 heavy (non-hydrogen) atoms. The molecular formula is C20H30N2O3. The molecular weight excluding hydrogens is 316 g/mol. The lowest BCUT2D eigenvalue weighted by Gasteiger charge is -2.52. The van der Waals surface area contributed by atoms with Crippen LogP contribution in [-0.4, -0.2) is 52.9 Å². The highest BCUT2D eigenvalue weighted by Crippen LogP contribution is 2.39. The first-order valence-electron chi connectivity index (χ1n) is 8.84. The highest BCUT2D eigenvalue weighted by molar-refractivity contribution is 6.12. The Labute approximate surface area is 150 Å². The van der Waals surface area contributed by atoms with Gasteiger partial charge < -0.3 is 4.90 Å². The fourth-order valence-electron chi connectivity index (χ4n) is 3.56.